The summed E-state index contributed by atoms with van der Waals surface area (Å²) in [7, 11) is 0. The van der Waals surface area contributed by atoms with E-state index < -0.39 is 0 Å². The van der Waals surface area contributed by atoms with Gasteiger partial charge in [-0.3, -0.25) is 0 Å². The normalized spacial score (nSPS) is 13.0. The number of aromatic nitrogens is 3. The molecule has 0 unspecified atom stereocenters. The molecule has 20 aromatic rings. The summed E-state index contributed by atoms with van der Waals surface area (Å²) in [6.07, 6.45) is 0. The second-order valence-corrected chi connectivity index (χ2v) is 43.0. The molecule has 0 saturated heterocycles. The smallest absolute Gasteiger partial charge is 0.252 e. The van der Waals surface area contributed by atoms with E-state index in [4.69, 9.17) is 0 Å². The fourth-order valence-corrected chi connectivity index (χ4v) is 21.5. The van der Waals surface area contributed by atoms with Gasteiger partial charge in [0, 0.05) is 116 Å². The zero-order chi connectivity index (χ0) is 92.0. The molecule has 0 aliphatic carbocycles. The van der Waals surface area contributed by atoms with Crippen molar-refractivity contribution in [1.29, 1.82) is 0 Å². The third-order valence-electron chi connectivity index (χ3n) is 28.9. The van der Waals surface area contributed by atoms with Crippen LogP contribution in [0.1, 0.15) is 159 Å². The molecule has 0 radical (unpaired) electrons. The molecule has 658 valence electrons. The molecule has 5 heterocycles. The first kappa shape index (κ1) is 85.1. The maximum Gasteiger partial charge on any atom is 0.252 e. The molecule has 6 nitrogen and oxygen atoms in total. The minimum atomic E-state index is -0.226. The molecule has 2 aliphatic rings. The molecular formula is C127H117BN6. The van der Waals surface area contributed by atoms with E-state index in [0.717, 1.165) is 17.1 Å². The summed E-state index contributed by atoms with van der Waals surface area (Å²) in [4.78, 5) is 8.19. The summed E-state index contributed by atoms with van der Waals surface area (Å²) in [6.45, 7) is 38.0. The van der Waals surface area contributed by atoms with Crippen molar-refractivity contribution < 1.29 is 0 Å². The Hall–Kier alpha value is -14.4. The second kappa shape index (κ2) is 32.8. The lowest BCUT2D eigenvalue weighted by Crippen LogP contribution is -2.62. The van der Waals surface area contributed by atoms with Crippen LogP contribution in [0.4, 0.5) is 28.4 Å². The lowest BCUT2D eigenvalue weighted by atomic mass is 9.33. The van der Waals surface area contributed by atoms with Crippen LogP contribution in [0.15, 0.2) is 376 Å². The first-order valence-corrected chi connectivity index (χ1v) is 48.1. The highest BCUT2D eigenvalue weighted by Crippen LogP contribution is 2.49. The van der Waals surface area contributed by atoms with Crippen molar-refractivity contribution in [2.24, 2.45) is 0 Å². The number of nitrogens with zero attached hydrogens (tertiary/aromatic N) is 6. The van der Waals surface area contributed by atoms with Crippen LogP contribution in [0.3, 0.4) is 0 Å². The standard InChI is InChI=1S/C127H117BN6/c1-123(2,3)93-52-61-112-105(71-93)106-72-94(124(4,5)6)53-62-113(106)130(112)80-84-51-59-110-118(67-84)132(82-109-103(89-39-25-18-26-40-89)75-97(127(13,14)15)76-104(109)90-41-27-19-28-42-90)121-69-86(79-129(98-43-29-20-30-44-98)78-83-49-56-99(57-50-83)133-114-47-33-31-45-101(114)102-46-32-34-48-115(102)133)68-120-122(121)128(110)111-60-58-100(134-116-63-54-95(125(7,8)9)73-107(116)108-74-96(126(10,11)12)55-64-117(108)134)77-119(111)131(120)81-85-65-91(87-35-21-16-22-36-87)70-92(66-85)88-37-23-17-24-38-88/h16-77H,78-82H2,1-15H3. The quantitative estimate of drug-likeness (QED) is 0.0850. The van der Waals surface area contributed by atoms with E-state index >= 15 is 0 Å². The number of anilines is 5. The molecule has 0 amide bonds. The molecule has 134 heavy (non-hydrogen) atoms. The van der Waals surface area contributed by atoms with E-state index in [2.05, 4.69) is 508 Å². The summed E-state index contributed by atoms with van der Waals surface area (Å²) in [5, 5.41) is 7.63. The van der Waals surface area contributed by atoms with Gasteiger partial charge in [0.05, 0.1) is 22.1 Å². The summed E-state index contributed by atoms with van der Waals surface area (Å²) < 4.78 is 7.64. The number of hydrogen-bond acceptors (Lipinski definition) is 3. The Labute approximate surface area is 791 Å². The molecule has 17 aromatic carbocycles. The van der Waals surface area contributed by atoms with Gasteiger partial charge in [0.25, 0.3) is 6.71 Å². The van der Waals surface area contributed by atoms with Gasteiger partial charge < -0.3 is 28.4 Å². The topological polar surface area (TPSA) is 24.5 Å². The van der Waals surface area contributed by atoms with E-state index in [1.165, 1.54) is 205 Å². The molecule has 0 N–H and O–H groups in total. The van der Waals surface area contributed by atoms with Crippen LogP contribution >= 0.6 is 0 Å². The Kier molecular flexibility index (Phi) is 20.8. The van der Waals surface area contributed by atoms with Gasteiger partial charge in [-0.25, -0.2) is 0 Å². The molecule has 0 atom stereocenters. The number of fused-ring (bicyclic) bond motifs is 13. The van der Waals surface area contributed by atoms with E-state index in [1.807, 2.05) is 0 Å². The monoisotopic (exact) mass is 1740 g/mol. The summed E-state index contributed by atoms with van der Waals surface area (Å²) in [6, 6.07) is 145. The lowest BCUT2D eigenvalue weighted by molar-refractivity contribution is 0.590. The van der Waals surface area contributed by atoms with Crippen LogP contribution in [-0.2, 0) is 59.8 Å². The predicted octanol–water partition coefficient (Wildman–Crippen LogP) is 31.2. The highest BCUT2D eigenvalue weighted by molar-refractivity contribution is 7.00. The lowest BCUT2D eigenvalue weighted by Gasteiger charge is -2.45. The summed E-state index contributed by atoms with van der Waals surface area (Å²) >= 11 is 0. The Morgan fingerprint density at radius 1 is 0.239 bits per heavy atom. The second-order valence-electron chi connectivity index (χ2n) is 43.0. The Morgan fingerprint density at radius 2 is 0.604 bits per heavy atom. The zero-order valence-corrected chi connectivity index (χ0v) is 80.1. The van der Waals surface area contributed by atoms with E-state index in [9.17, 15) is 0 Å². The molecule has 0 bridgehead atoms. The van der Waals surface area contributed by atoms with Gasteiger partial charge in [-0.15, -0.1) is 0 Å². The van der Waals surface area contributed by atoms with Crippen LogP contribution in [-0.4, -0.2) is 20.4 Å². The average molecular weight is 1740 g/mol. The van der Waals surface area contributed by atoms with Crippen molar-refractivity contribution in [2.45, 2.75) is 164 Å². The van der Waals surface area contributed by atoms with Crippen LogP contribution in [0.25, 0.3) is 121 Å². The molecule has 3 aromatic heterocycles. The largest absolute Gasteiger partial charge is 0.363 e. The van der Waals surface area contributed by atoms with Crippen molar-refractivity contribution in [2.75, 3.05) is 14.7 Å². The van der Waals surface area contributed by atoms with Crippen molar-refractivity contribution in [3.8, 4) is 55.9 Å². The minimum Gasteiger partial charge on any atom is -0.363 e. The van der Waals surface area contributed by atoms with Crippen molar-refractivity contribution >= 4 is 117 Å². The van der Waals surface area contributed by atoms with Gasteiger partial charge in [0.1, 0.15) is 0 Å². The zero-order valence-electron chi connectivity index (χ0n) is 80.1. The Morgan fingerprint density at radius 3 is 1.07 bits per heavy atom. The fourth-order valence-electron chi connectivity index (χ4n) is 21.5. The van der Waals surface area contributed by atoms with Gasteiger partial charge >= 0.3 is 0 Å². The Balaban J connectivity index is 0.825. The average Bonchev–Trinajstić information content (AvgIpc) is 0.880. The van der Waals surface area contributed by atoms with Gasteiger partial charge in [-0.1, -0.05) is 347 Å². The van der Waals surface area contributed by atoms with Crippen molar-refractivity contribution in [3.05, 3.63) is 432 Å². The number of hydrogen-bond donors (Lipinski definition) is 0. The van der Waals surface area contributed by atoms with Gasteiger partial charge in [0.15, 0.2) is 0 Å². The van der Waals surface area contributed by atoms with Crippen molar-refractivity contribution in [1.82, 2.24) is 13.7 Å². The van der Waals surface area contributed by atoms with Crippen LogP contribution < -0.4 is 31.1 Å². The molecule has 2 aliphatic heterocycles. The van der Waals surface area contributed by atoms with Crippen LogP contribution in [0, 0.1) is 0 Å². The first-order chi connectivity index (χ1) is 64.6. The first-order valence-electron chi connectivity index (χ1n) is 48.1. The number of para-hydroxylation sites is 3. The highest BCUT2D eigenvalue weighted by Gasteiger charge is 2.45. The van der Waals surface area contributed by atoms with E-state index in [-0.39, 0.29) is 33.8 Å². The van der Waals surface area contributed by atoms with Crippen LogP contribution in [0.2, 0.25) is 0 Å². The third kappa shape index (κ3) is 15.5. The maximum atomic E-state index is 2.80. The molecule has 7 heteroatoms. The predicted molar refractivity (Wildman–Crippen MR) is 574 cm³/mol. The molecular weight excluding hydrogens is 1620 g/mol. The highest BCUT2D eigenvalue weighted by atomic mass is 15.2. The third-order valence-corrected chi connectivity index (χ3v) is 28.9. The summed E-state index contributed by atoms with van der Waals surface area (Å²) in [5.74, 6) is 0. The molecule has 0 fully saturated rings. The Bertz CT molecular complexity index is 7640. The van der Waals surface area contributed by atoms with Gasteiger partial charge in [-0.05, 0) is 277 Å². The maximum absolute atomic E-state index is 2.80. The SMILES string of the molecule is CC(C)(C)c1cc(-c2ccccc2)c(CN2c3cc(Cn4c5ccc(C(C)(C)C)cc5c5cc(C(C)(C)C)ccc54)ccc3B3c4ccc(-n5c6ccc(C(C)(C)C)cc6c6cc(C(C)(C)C)ccc65)cc4N(Cc4cc(-c5ccccc5)cc(-c5ccccc5)c4)c4cc(CN(Cc5ccc(-n6c7ccccc7c7ccccc76)cc5)c5ccccc5)cc2c43)c(-c2ccccc2)c1. The number of benzene rings is 17. The van der Waals surface area contributed by atoms with E-state index in [1.54, 1.807) is 0 Å². The fraction of sp³-hybridized carbons (Fsp3) is 0.197. The summed E-state index contributed by atoms with van der Waals surface area (Å²) in [5.41, 5.74) is 41.2. The van der Waals surface area contributed by atoms with Crippen LogP contribution in [0.5, 0.6) is 0 Å². The number of rotatable bonds is 17. The van der Waals surface area contributed by atoms with E-state index in [0.29, 0.717) is 32.7 Å². The van der Waals surface area contributed by atoms with Gasteiger partial charge in [0.2, 0.25) is 0 Å². The molecule has 0 spiro atoms. The molecule has 22 rings (SSSR count). The van der Waals surface area contributed by atoms with Gasteiger partial charge in [-0.2, -0.15) is 0 Å². The molecule has 0 saturated carbocycles. The minimum absolute atomic E-state index is 0.0497. The van der Waals surface area contributed by atoms with Crippen molar-refractivity contribution in [3.63, 3.8) is 0 Å².